The smallest absolute Gasteiger partial charge is 0.356 e. The Kier molecular flexibility index (Phi) is 6.90. The van der Waals surface area contributed by atoms with Crippen LogP contribution in [0.15, 0.2) is 41.2 Å². The van der Waals surface area contributed by atoms with Gasteiger partial charge in [0.2, 0.25) is 5.82 Å². The van der Waals surface area contributed by atoms with E-state index in [4.69, 9.17) is 4.52 Å². The van der Waals surface area contributed by atoms with E-state index in [0.29, 0.717) is 11.6 Å². The molecule has 0 aliphatic carbocycles. The van der Waals surface area contributed by atoms with Crippen molar-refractivity contribution in [2.45, 2.75) is 33.0 Å². The van der Waals surface area contributed by atoms with Crippen LogP contribution in [0.5, 0.6) is 5.75 Å². The minimum atomic E-state index is -1.72. The number of aromatic hydroxyl groups is 1. The van der Waals surface area contributed by atoms with E-state index in [-0.39, 0.29) is 30.8 Å². The molecule has 3 aromatic heterocycles. The lowest BCUT2D eigenvalue weighted by Gasteiger charge is -2.22. The number of esters is 1. The van der Waals surface area contributed by atoms with Gasteiger partial charge < -0.3 is 19.3 Å². The zero-order valence-corrected chi connectivity index (χ0v) is 19.4. The Hall–Kier alpha value is -4.42. The van der Waals surface area contributed by atoms with E-state index in [1.807, 2.05) is 13.8 Å². The number of rotatable bonds is 8. The summed E-state index contributed by atoms with van der Waals surface area (Å²) in [7, 11) is 1.25. The van der Waals surface area contributed by atoms with Crippen LogP contribution in [0.4, 0.5) is 19.1 Å². The Morgan fingerprint density at radius 1 is 1.19 bits per heavy atom. The molecular weight excluding hydrogens is 481 g/mol. The van der Waals surface area contributed by atoms with Crippen LogP contribution in [0.3, 0.4) is 0 Å². The number of halogens is 3. The molecule has 4 aromatic rings. The van der Waals surface area contributed by atoms with Crippen LogP contribution in [0, 0.1) is 17.5 Å². The molecule has 10 nitrogen and oxygen atoms in total. The highest BCUT2D eigenvalue weighted by atomic mass is 19.2. The van der Waals surface area contributed by atoms with E-state index >= 15 is 0 Å². The Balaban J connectivity index is 1.69. The van der Waals surface area contributed by atoms with Crippen LogP contribution in [0.1, 0.15) is 41.6 Å². The van der Waals surface area contributed by atoms with Crippen LogP contribution in [0.25, 0.3) is 11.5 Å². The fourth-order valence-corrected chi connectivity index (χ4v) is 3.49. The van der Waals surface area contributed by atoms with Gasteiger partial charge in [-0.05, 0) is 42.8 Å². The summed E-state index contributed by atoms with van der Waals surface area (Å²) < 4.78 is 53.3. The molecule has 0 saturated carbocycles. The molecule has 0 aliphatic heterocycles. The molecule has 0 amide bonds. The molecule has 3 heterocycles. The third kappa shape index (κ3) is 4.85. The van der Waals surface area contributed by atoms with Gasteiger partial charge in [0.05, 0.1) is 24.9 Å². The molecule has 4 rings (SSSR count). The maximum atomic E-state index is 14.4. The summed E-state index contributed by atoms with van der Waals surface area (Å²) in [5.74, 6) is -7.16. The lowest BCUT2D eigenvalue weighted by Crippen LogP contribution is -2.25. The second-order valence-corrected chi connectivity index (χ2v) is 8.04. The van der Waals surface area contributed by atoms with Crippen LogP contribution < -0.4 is 4.90 Å². The number of carbonyl (C=O) groups excluding carboxylic acids is 1. The van der Waals surface area contributed by atoms with Gasteiger partial charge >= 0.3 is 5.97 Å². The van der Waals surface area contributed by atoms with Gasteiger partial charge in [0.25, 0.3) is 11.8 Å². The maximum absolute atomic E-state index is 14.4. The number of phenols is 1. The topological polar surface area (TPSA) is 119 Å². The molecule has 13 heteroatoms. The first-order chi connectivity index (χ1) is 17.2. The Bertz CT molecular complexity index is 1390. The molecule has 0 bridgehead atoms. The summed E-state index contributed by atoms with van der Waals surface area (Å²) in [6, 6.07) is 5.55. The number of ether oxygens (including phenoxy) is 1. The average molecular weight is 502 g/mol. The van der Waals surface area contributed by atoms with Gasteiger partial charge in [-0.25, -0.2) is 18.6 Å². The van der Waals surface area contributed by atoms with E-state index in [1.54, 1.807) is 27.9 Å². The number of hydrogen-bond donors (Lipinski definition) is 1. The van der Waals surface area contributed by atoms with E-state index in [0.717, 1.165) is 5.69 Å². The first kappa shape index (κ1) is 24.7. The lowest BCUT2D eigenvalue weighted by molar-refractivity contribution is 0.0594. The first-order valence-corrected chi connectivity index (χ1v) is 10.7. The van der Waals surface area contributed by atoms with E-state index in [9.17, 15) is 23.1 Å². The highest BCUT2D eigenvalue weighted by Gasteiger charge is 2.25. The number of carbonyl (C=O) groups is 1. The van der Waals surface area contributed by atoms with E-state index < -0.39 is 40.6 Å². The molecule has 188 valence electrons. The number of benzene rings is 1. The standard InChI is InChI=1S/C23H21F3N6O4/c1-12(2)32-14(6-7-28-32)11-31(10-13-4-5-17(27-9-13)22(34)35-3)23-29-21(36-30-23)15-8-16(24)19(26)20(33)18(15)25/h4-9,12,33H,10-11H2,1-3H3. The fourth-order valence-electron chi connectivity index (χ4n) is 3.49. The second-order valence-electron chi connectivity index (χ2n) is 8.04. The highest BCUT2D eigenvalue weighted by molar-refractivity contribution is 5.87. The van der Waals surface area contributed by atoms with Crippen molar-refractivity contribution in [3.63, 3.8) is 0 Å². The monoisotopic (exact) mass is 502 g/mol. The van der Waals surface area contributed by atoms with Crippen molar-refractivity contribution in [3.05, 3.63) is 71.1 Å². The predicted molar refractivity (Wildman–Crippen MR) is 119 cm³/mol. The minimum absolute atomic E-state index is 0.00201. The van der Waals surface area contributed by atoms with Crippen molar-refractivity contribution in [3.8, 4) is 17.2 Å². The van der Waals surface area contributed by atoms with Crippen LogP contribution in [-0.4, -0.2) is 43.1 Å². The summed E-state index contributed by atoms with van der Waals surface area (Å²) >= 11 is 0. The Labute approximate surface area is 202 Å². The number of methoxy groups -OCH3 is 1. The molecule has 0 aliphatic rings. The van der Waals surface area contributed by atoms with Gasteiger partial charge in [-0.1, -0.05) is 6.07 Å². The summed E-state index contributed by atoms with van der Waals surface area (Å²) in [5.41, 5.74) is 0.996. The number of aromatic nitrogens is 5. The van der Waals surface area contributed by atoms with Gasteiger partial charge in [-0.15, -0.1) is 0 Å². The maximum Gasteiger partial charge on any atom is 0.356 e. The summed E-state index contributed by atoms with van der Waals surface area (Å²) in [6.07, 6.45) is 3.12. The predicted octanol–water partition coefficient (Wildman–Crippen LogP) is 4.03. The Morgan fingerprint density at radius 2 is 1.97 bits per heavy atom. The zero-order chi connectivity index (χ0) is 26.0. The summed E-state index contributed by atoms with van der Waals surface area (Å²) in [4.78, 5) is 21.6. The quantitative estimate of drug-likeness (QED) is 0.281. The summed E-state index contributed by atoms with van der Waals surface area (Å²) in [6.45, 7) is 4.34. The molecule has 36 heavy (non-hydrogen) atoms. The molecule has 0 fully saturated rings. The van der Waals surface area contributed by atoms with Crippen molar-refractivity contribution < 1.29 is 32.3 Å². The molecule has 0 unspecified atom stereocenters. The van der Waals surface area contributed by atoms with Gasteiger partial charge in [-0.2, -0.15) is 14.5 Å². The first-order valence-electron chi connectivity index (χ1n) is 10.7. The highest BCUT2D eigenvalue weighted by Crippen LogP contribution is 2.32. The van der Waals surface area contributed by atoms with E-state index in [1.165, 1.54) is 19.4 Å². The largest absolute Gasteiger partial charge is 0.503 e. The van der Waals surface area contributed by atoms with Gasteiger partial charge in [0.1, 0.15) is 5.69 Å². The van der Waals surface area contributed by atoms with Gasteiger partial charge in [0.15, 0.2) is 17.4 Å². The fraction of sp³-hybridized carbons (Fsp3) is 0.261. The lowest BCUT2D eigenvalue weighted by atomic mass is 10.2. The molecule has 0 spiro atoms. The van der Waals surface area contributed by atoms with Crippen molar-refractivity contribution in [2.24, 2.45) is 0 Å². The summed E-state index contributed by atoms with van der Waals surface area (Å²) in [5, 5.41) is 17.7. The molecular formula is C23H21F3N6O4. The molecule has 1 aromatic carbocycles. The third-order valence-corrected chi connectivity index (χ3v) is 5.25. The SMILES string of the molecule is COC(=O)c1ccc(CN(Cc2ccnn2C(C)C)c2noc(-c3cc(F)c(F)c(O)c3F)n2)cn1. The van der Waals surface area contributed by atoms with Crippen molar-refractivity contribution >= 4 is 11.9 Å². The Morgan fingerprint density at radius 3 is 2.64 bits per heavy atom. The molecule has 0 saturated heterocycles. The molecule has 0 atom stereocenters. The van der Waals surface area contributed by atoms with Crippen LogP contribution >= 0.6 is 0 Å². The van der Waals surface area contributed by atoms with Crippen molar-refractivity contribution in [2.75, 3.05) is 12.0 Å². The number of anilines is 1. The van der Waals surface area contributed by atoms with Gasteiger partial charge in [-0.3, -0.25) is 4.68 Å². The number of nitrogens with zero attached hydrogens (tertiary/aromatic N) is 6. The average Bonchev–Trinajstić information content (AvgIpc) is 3.54. The number of hydrogen-bond acceptors (Lipinski definition) is 9. The van der Waals surface area contributed by atoms with Crippen molar-refractivity contribution in [1.82, 2.24) is 24.9 Å². The normalized spacial score (nSPS) is 11.2. The number of phenolic OH excluding ortho intramolecular Hbond substituents is 1. The van der Waals surface area contributed by atoms with Crippen molar-refractivity contribution in [1.29, 1.82) is 0 Å². The van der Waals surface area contributed by atoms with Gasteiger partial charge in [0, 0.05) is 25.0 Å². The third-order valence-electron chi connectivity index (χ3n) is 5.25. The van der Waals surface area contributed by atoms with Crippen LogP contribution in [-0.2, 0) is 17.8 Å². The zero-order valence-electron chi connectivity index (χ0n) is 19.4. The number of pyridine rings is 1. The van der Waals surface area contributed by atoms with Crippen LogP contribution in [0.2, 0.25) is 0 Å². The van der Waals surface area contributed by atoms with E-state index in [2.05, 4.69) is 25.0 Å². The minimum Gasteiger partial charge on any atom is -0.503 e. The molecule has 1 N–H and O–H groups in total. The molecule has 0 radical (unpaired) electrons. The second kappa shape index (κ2) is 10.1.